The van der Waals surface area contributed by atoms with E-state index < -0.39 is 0 Å². The van der Waals surface area contributed by atoms with Gasteiger partial charge in [0.25, 0.3) is 0 Å². The van der Waals surface area contributed by atoms with Crippen LogP contribution in [0.3, 0.4) is 0 Å². The first-order valence-corrected chi connectivity index (χ1v) is 8.24. The second kappa shape index (κ2) is 7.89. The maximum Gasteiger partial charge on any atom is 0.159 e. The third-order valence-electron chi connectivity index (χ3n) is 3.14. The van der Waals surface area contributed by atoms with E-state index in [9.17, 15) is 4.79 Å². The molecular weight excluding hydrogens is 280 g/mol. The van der Waals surface area contributed by atoms with Gasteiger partial charge in [0.1, 0.15) is 5.75 Å². The summed E-state index contributed by atoms with van der Waals surface area (Å²) in [5, 5.41) is 0. The molecule has 0 bridgehead atoms. The number of benzene rings is 2. The van der Waals surface area contributed by atoms with Crippen LogP contribution in [0.25, 0.3) is 0 Å². The smallest absolute Gasteiger partial charge is 0.159 e. The first-order valence-electron chi connectivity index (χ1n) is 7.09. The van der Waals surface area contributed by atoms with Crippen LogP contribution >= 0.6 is 11.8 Å². The van der Waals surface area contributed by atoms with Crippen LogP contribution in [0, 0.1) is 0 Å². The quantitative estimate of drug-likeness (QED) is 0.692. The molecule has 0 aliphatic carbocycles. The van der Waals surface area contributed by atoms with Crippen LogP contribution in [0.15, 0.2) is 48.5 Å². The van der Waals surface area contributed by atoms with E-state index in [0.717, 1.165) is 28.4 Å². The van der Waals surface area contributed by atoms with Gasteiger partial charge in [-0.2, -0.15) is 11.8 Å². The van der Waals surface area contributed by atoms with Crippen LogP contribution < -0.4 is 4.74 Å². The van der Waals surface area contributed by atoms with E-state index in [2.05, 4.69) is 24.3 Å². The summed E-state index contributed by atoms with van der Waals surface area (Å²) in [5.41, 5.74) is 3.14. The number of carbonyl (C=O) groups is 1. The lowest BCUT2D eigenvalue weighted by Gasteiger charge is -2.11. The molecule has 0 saturated carbocycles. The molecule has 0 aromatic heterocycles. The summed E-state index contributed by atoms with van der Waals surface area (Å²) in [5.74, 6) is 2.76. The van der Waals surface area contributed by atoms with Crippen molar-refractivity contribution in [3.05, 3.63) is 65.2 Å². The molecule has 2 aromatic carbocycles. The molecule has 0 atom stereocenters. The van der Waals surface area contributed by atoms with Crippen molar-refractivity contribution in [3.63, 3.8) is 0 Å². The Hall–Kier alpha value is -1.74. The Labute approximate surface area is 130 Å². The second-order valence-corrected chi connectivity index (χ2v) is 5.78. The lowest BCUT2D eigenvalue weighted by atomic mass is 10.1. The Morgan fingerprint density at radius 1 is 1.10 bits per heavy atom. The number of carbonyl (C=O) groups excluding carboxylic acids is 1. The minimum absolute atomic E-state index is 0.0901. The van der Waals surface area contributed by atoms with Gasteiger partial charge in [-0.25, -0.2) is 0 Å². The molecule has 0 radical (unpaired) electrons. The Kier molecular flexibility index (Phi) is 5.88. The third-order valence-corrected chi connectivity index (χ3v) is 4.19. The summed E-state index contributed by atoms with van der Waals surface area (Å²) in [7, 11) is 0. The first-order chi connectivity index (χ1) is 10.2. The minimum Gasteiger partial charge on any atom is -0.494 e. The molecule has 0 N–H and O–H groups in total. The summed E-state index contributed by atoms with van der Waals surface area (Å²) in [4.78, 5) is 11.5. The van der Waals surface area contributed by atoms with Crippen LogP contribution in [0.4, 0.5) is 0 Å². The molecular formula is C18H20O2S. The second-order valence-electron chi connectivity index (χ2n) is 4.79. The van der Waals surface area contributed by atoms with Crippen molar-refractivity contribution >= 4 is 17.5 Å². The van der Waals surface area contributed by atoms with Crippen molar-refractivity contribution in [1.29, 1.82) is 0 Å². The summed E-state index contributed by atoms with van der Waals surface area (Å²) >= 11 is 1.83. The van der Waals surface area contributed by atoms with Crippen LogP contribution in [-0.2, 0) is 11.5 Å². The van der Waals surface area contributed by atoms with Crippen molar-refractivity contribution in [2.75, 3.05) is 6.61 Å². The van der Waals surface area contributed by atoms with E-state index in [4.69, 9.17) is 4.74 Å². The van der Waals surface area contributed by atoms with Gasteiger partial charge < -0.3 is 4.74 Å². The van der Waals surface area contributed by atoms with Crippen molar-refractivity contribution in [2.24, 2.45) is 0 Å². The molecule has 110 valence electrons. The number of Topliss-reactive ketones (excluding diaryl/α,β-unsaturated/α-hetero) is 1. The number of rotatable bonds is 7. The molecule has 2 nitrogen and oxygen atoms in total. The van der Waals surface area contributed by atoms with Gasteiger partial charge in [0, 0.05) is 22.6 Å². The van der Waals surface area contributed by atoms with Gasteiger partial charge in [-0.1, -0.05) is 30.3 Å². The monoisotopic (exact) mass is 300 g/mol. The van der Waals surface area contributed by atoms with Gasteiger partial charge >= 0.3 is 0 Å². The molecule has 2 rings (SSSR count). The normalized spacial score (nSPS) is 10.4. The van der Waals surface area contributed by atoms with Crippen LogP contribution in [0.2, 0.25) is 0 Å². The summed E-state index contributed by atoms with van der Waals surface area (Å²) in [6.45, 7) is 4.20. The minimum atomic E-state index is 0.0901. The Balaban J connectivity index is 2.06. The molecule has 0 unspecified atom stereocenters. The summed E-state index contributed by atoms with van der Waals surface area (Å²) in [6, 6.07) is 16.1. The number of hydrogen-bond acceptors (Lipinski definition) is 3. The molecule has 0 aliphatic rings. The number of ketones is 1. The maximum atomic E-state index is 11.5. The Morgan fingerprint density at radius 2 is 1.86 bits per heavy atom. The fourth-order valence-corrected chi connectivity index (χ4v) is 3.04. The van der Waals surface area contributed by atoms with Gasteiger partial charge in [-0.3, -0.25) is 4.79 Å². The predicted molar refractivity (Wildman–Crippen MR) is 89.1 cm³/mol. The van der Waals surface area contributed by atoms with Crippen molar-refractivity contribution in [1.82, 2.24) is 0 Å². The van der Waals surface area contributed by atoms with Gasteiger partial charge in [0.15, 0.2) is 5.78 Å². The van der Waals surface area contributed by atoms with Gasteiger partial charge in [-0.15, -0.1) is 0 Å². The van der Waals surface area contributed by atoms with Gasteiger partial charge in [-0.05, 0) is 37.6 Å². The van der Waals surface area contributed by atoms with E-state index in [1.54, 1.807) is 6.92 Å². The molecule has 2 aromatic rings. The summed E-state index contributed by atoms with van der Waals surface area (Å²) in [6.07, 6.45) is 0. The number of ether oxygens (including phenoxy) is 1. The fraction of sp³-hybridized carbons (Fsp3) is 0.278. The highest BCUT2D eigenvalue weighted by Gasteiger charge is 2.08. The standard InChI is InChI=1S/C18H20O2S/c1-3-20-18-10-9-16(14(2)19)11-17(18)13-21-12-15-7-5-4-6-8-15/h4-11H,3,12-13H2,1-2H3. The van der Waals surface area contributed by atoms with Crippen LogP contribution in [-0.4, -0.2) is 12.4 Å². The lowest BCUT2D eigenvalue weighted by Crippen LogP contribution is -1.99. The average Bonchev–Trinajstić information content (AvgIpc) is 2.50. The zero-order valence-corrected chi connectivity index (χ0v) is 13.3. The van der Waals surface area contributed by atoms with Crippen molar-refractivity contribution in [3.8, 4) is 5.75 Å². The first kappa shape index (κ1) is 15.6. The van der Waals surface area contributed by atoms with E-state index in [1.165, 1.54) is 5.56 Å². The topological polar surface area (TPSA) is 26.3 Å². The van der Waals surface area contributed by atoms with E-state index >= 15 is 0 Å². The molecule has 3 heteroatoms. The lowest BCUT2D eigenvalue weighted by molar-refractivity contribution is 0.101. The fourth-order valence-electron chi connectivity index (χ4n) is 2.06. The molecule has 0 spiro atoms. The Morgan fingerprint density at radius 3 is 2.52 bits per heavy atom. The van der Waals surface area contributed by atoms with E-state index in [0.29, 0.717) is 6.61 Å². The maximum absolute atomic E-state index is 11.5. The molecule has 0 heterocycles. The van der Waals surface area contributed by atoms with Crippen LogP contribution in [0.1, 0.15) is 35.3 Å². The number of hydrogen-bond donors (Lipinski definition) is 0. The molecule has 21 heavy (non-hydrogen) atoms. The van der Waals surface area contributed by atoms with Crippen LogP contribution in [0.5, 0.6) is 5.75 Å². The van der Waals surface area contributed by atoms with Crippen molar-refractivity contribution < 1.29 is 9.53 Å². The molecule has 0 fully saturated rings. The van der Waals surface area contributed by atoms with E-state index in [1.807, 2.05) is 43.0 Å². The Bertz CT molecular complexity index is 593. The largest absolute Gasteiger partial charge is 0.494 e. The highest BCUT2D eigenvalue weighted by Crippen LogP contribution is 2.26. The predicted octanol–water partition coefficient (Wildman–Crippen LogP) is 4.72. The zero-order chi connectivity index (χ0) is 15.1. The highest BCUT2D eigenvalue weighted by atomic mass is 32.2. The summed E-state index contributed by atoms with van der Waals surface area (Å²) < 4.78 is 5.65. The SMILES string of the molecule is CCOc1ccc(C(C)=O)cc1CSCc1ccccc1. The van der Waals surface area contributed by atoms with Gasteiger partial charge in [0.05, 0.1) is 6.61 Å². The van der Waals surface area contributed by atoms with Crippen molar-refractivity contribution in [2.45, 2.75) is 25.4 Å². The van der Waals surface area contributed by atoms with E-state index in [-0.39, 0.29) is 5.78 Å². The van der Waals surface area contributed by atoms with Gasteiger partial charge in [0.2, 0.25) is 0 Å². The highest BCUT2D eigenvalue weighted by molar-refractivity contribution is 7.97. The number of thioether (sulfide) groups is 1. The average molecular weight is 300 g/mol. The zero-order valence-electron chi connectivity index (χ0n) is 12.5. The third kappa shape index (κ3) is 4.64. The molecule has 0 amide bonds. The molecule has 0 saturated heterocycles. The molecule has 0 aliphatic heterocycles.